The monoisotopic (exact) mass is 344 g/mol. The van der Waals surface area contributed by atoms with Gasteiger partial charge in [0.2, 0.25) is 0 Å². The van der Waals surface area contributed by atoms with Gasteiger partial charge in [-0.3, -0.25) is 9.58 Å². The highest BCUT2D eigenvalue weighted by Crippen LogP contribution is 2.23. The summed E-state index contributed by atoms with van der Waals surface area (Å²) < 4.78 is 3.29. The second-order valence-corrected chi connectivity index (χ2v) is 7.08. The number of hydrogen-bond donors (Lipinski definition) is 1. The van der Waals surface area contributed by atoms with Crippen molar-refractivity contribution in [2.24, 2.45) is 0 Å². The molecule has 0 aliphatic heterocycles. The Morgan fingerprint density at radius 3 is 2.45 bits per heavy atom. The summed E-state index contributed by atoms with van der Waals surface area (Å²) in [5.74, 6) is 0. The van der Waals surface area contributed by atoms with Gasteiger partial charge in [0, 0.05) is 31.7 Å². The third-order valence-corrected chi connectivity index (χ3v) is 4.18. The second-order valence-electron chi connectivity index (χ2n) is 6.29. The number of aryl methyl sites for hydroxylation is 2. The molecule has 4 nitrogen and oxygen atoms in total. The largest absolute Gasteiger partial charge is 0.311 e. The Morgan fingerprint density at radius 2 is 1.95 bits per heavy atom. The molecule has 0 spiro atoms. The van der Waals surface area contributed by atoms with Gasteiger partial charge in [-0.2, -0.15) is 5.10 Å². The minimum atomic E-state index is 0.183. The van der Waals surface area contributed by atoms with Gasteiger partial charge in [0.25, 0.3) is 0 Å². The molecule has 0 saturated heterocycles. The van der Waals surface area contributed by atoms with E-state index in [0.717, 1.165) is 38.3 Å². The molecule has 0 atom stereocenters. The fourth-order valence-electron chi connectivity index (χ4n) is 2.12. The molecule has 0 unspecified atom stereocenters. The fourth-order valence-corrected chi connectivity index (χ4v) is 2.81. The lowest BCUT2D eigenvalue weighted by atomic mass is 10.1. The number of nitrogens with zero attached hydrogens (tertiary/aromatic N) is 3. The van der Waals surface area contributed by atoms with Gasteiger partial charge >= 0.3 is 0 Å². The first-order valence-electron chi connectivity index (χ1n) is 7.46. The third kappa shape index (κ3) is 5.19. The standard InChI is InChI=1S/C15H29BrN4/c1-7-12-14(16)13(20(8-2)18-12)11-19(6)10-9-17-15(3,4)5/h17H,7-11H2,1-6H3. The van der Waals surface area contributed by atoms with E-state index in [0.29, 0.717) is 0 Å². The van der Waals surface area contributed by atoms with E-state index in [4.69, 9.17) is 0 Å². The number of aromatic nitrogens is 2. The van der Waals surface area contributed by atoms with Crippen LogP contribution in [0, 0.1) is 0 Å². The van der Waals surface area contributed by atoms with Gasteiger partial charge in [0.05, 0.1) is 15.9 Å². The normalized spacial score (nSPS) is 12.4. The van der Waals surface area contributed by atoms with Gasteiger partial charge in [-0.15, -0.1) is 0 Å². The molecule has 20 heavy (non-hydrogen) atoms. The Labute approximate surface area is 132 Å². The zero-order valence-corrected chi connectivity index (χ0v) is 15.3. The lowest BCUT2D eigenvalue weighted by Crippen LogP contribution is -2.40. The van der Waals surface area contributed by atoms with Gasteiger partial charge in [-0.25, -0.2) is 0 Å². The topological polar surface area (TPSA) is 33.1 Å². The lowest BCUT2D eigenvalue weighted by molar-refractivity contribution is 0.294. The van der Waals surface area contributed by atoms with E-state index in [1.54, 1.807) is 0 Å². The smallest absolute Gasteiger partial charge is 0.0767 e. The van der Waals surface area contributed by atoms with Gasteiger partial charge in [-0.1, -0.05) is 6.92 Å². The average molecular weight is 345 g/mol. The van der Waals surface area contributed by atoms with E-state index in [1.807, 2.05) is 0 Å². The molecule has 0 bridgehead atoms. The Hall–Kier alpha value is -0.390. The van der Waals surface area contributed by atoms with Crippen molar-refractivity contribution in [3.05, 3.63) is 15.9 Å². The molecule has 5 heteroatoms. The van der Waals surface area contributed by atoms with Crippen molar-refractivity contribution in [3.8, 4) is 0 Å². The molecule has 0 saturated carbocycles. The SMILES string of the molecule is CCc1nn(CC)c(CN(C)CCNC(C)(C)C)c1Br. The summed E-state index contributed by atoms with van der Waals surface area (Å²) in [6.45, 7) is 14.8. The Morgan fingerprint density at radius 1 is 1.30 bits per heavy atom. The van der Waals surface area contributed by atoms with Crippen LogP contribution in [0.1, 0.15) is 46.0 Å². The molecule has 0 fully saturated rings. The molecule has 1 N–H and O–H groups in total. The fraction of sp³-hybridized carbons (Fsp3) is 0.800. The molecule has 0 aliphatic carbocycles. The van der Waals surface area contributed by atoms with Crippen molar-refractivity contribution in [3.63, 3.8) is 0 Å². The maximum atomic E-state index is 4.65. The van der Waals surface area contributed by atoms with Crippen LogP contribution in [0.5, 0.6) is 0 Å². The van der Waals surface area contributed by atoms with E-state index < -0.39 is 0 Å². The van der Waals surface area contributed by atoms with Gasteiger partial charge in [0.1, 0.15) is 0 Å². The van der Waals surface area contributed by atoms with E-state index >= 15 is 0 Å². The molecule has 0 amide bonds. The van der Waals surface area contributed by atoms with E-state index in [9.17, 15) is 0 Å². The molecular formula is C15H29BrN4. The van der Waals surface area contributed by atoms with Crippen molar-refractivity contribution in [1.29, 1.82) is 0 Å². The summed E-state index contributed by atoms with van der Waals surface area (Å²) in [6, 6.07) is 0. The van der Waals surface area contributed by atoms with Crippen molar-refractivity contribution >= 4 is 15.9 Å². The predicted molar refractivity (Wildman–Crippen MR) is 89.1 cm³/mol. The Bertz CT molecular complexity index is 420. The van der Waals surface area contributed by atoms with Crippen LogP contribution in [-0.4, -0.2) is 40.4 Å². The first-order valence-corrected chi connectivity index (χ1v) is 8.25. The first kappa shape index (κ1) is 17.7. The molecular weight excluding hydrogens is 316 g/mol. The van der Waals surface area contributed by atoms with E-state index in [2.05, 4.69) is 77.6 Å². The van der Waals surface area contributed by atoms with Gasteiger partial charge in [0.15, 0.2) is 0 Å². The first-order chi connectivity index (χ1) is 9.28. The van der Waals surface area contributed by atoms with Crippen molar-refractivity contribution in [2.75, 3.05) is 20.1 Å². The number of rotatable bonds is 7. The lowest BCUT2D eigenvalue weighted by Gasteiger charge is -2.23. The molecule has 0 aliphatic rings. The second kappa shape index (κ2) is 7.57. The van der Waals surface area contributed by atoms with Gasteiger partial charge < -0.3 is 5.32 Å². The summed E-state index contributed by atoms with van der Waals surface area (Å²) in [7, 11) is 2.16. The maximum Gasteiger partial charge on any atom is 0.0767 e. The summed E-state index contributed by atoms with van der Waals surface area (Å²) in [6.07, 6.45) is 0.968. The zero-order chi connectivity index (χ0) is 15.3. The Kier molecular flexibility index (Phi) is 6.69. The van der Waals surface area contributed by atoms with Crippen LogP contribution in [0.4, 0.5) is 0 Å². The van der Waals surface area contributed by atoms with Gasteiger partial charge in [-0.05, 0) is 57.1 Å². The van der Waals surface area contributed by atoms with E-state index in [-0.39, 0.29) is 5.54 Å². The van der Waals surface area contributed by atoms with Crippen LogP contribution >= 0.6 is 15.9 Å². The molecule has 1 aromatic rings. The van der Waals surface area contributed by atoms with Crippen LogP contribution in [-0.2, 0) is 19.5 Å². The highest BCUT2D eigenvalue weighted by atomic mass is 79.9. The number of hydrogen-bond acceptors (Lipinski definition) is 3. The van der Waals surface area contributed by atoms with Crippen LogP contribution in [0.25, 0.3) is 0 Å². The minimum Gasteiger partial charge on any atom is -0.311 e. The zero-order valence-electron chi connectivity index (χ0n) is 13.8. The van der Waals surface area contributed by atoms with E-state index in [1.165, 1.54) is 10.2 Å². The molecule has 0 radical (unpaired) electrons. The summed E-state index contributed by atoms with van der Waals surface area (Å²) >= 11 is 3.71. The van der Waals surface area contributed by atoms with Crippen LogP contribution in [0.2, 0.25) is 0 Å². The van der Waals surface area contributed by atoms with Crippen molar-refractivity contribution < 1.29 is 0 Å². The van der Waals surface area contributed by atoms with Crippen molar-refractivity contribution in [2.45, 2.75) is 59.7 Å². The number of nitrogens with one attached hydrogen (secondary N) is 1. The summed E-state index contributed by atoms with van der Waals surface area (Å²) in [5, 5.41) is 8.17. The third-order valence-electron chi connectivity index (χ3n) is 3.26. The summed E-state index contributed by atoms with van der Waals surface area (Å²) in [4.78, 5) is 2.34. The molecule has 1 rings (SSSR count). The average Bonchev–Trinajstić information content (AvgIpc) is 2.64. The van der Waals surface area contributed by atoms with Crippen molar-refractivity contribution in [1.82, 2.24) is 20.0 Å². The van der Waals surface area contributed by atoms with Crippen LogP contribution < -0.4 is 5.32 Å². The molecule has 1 heterocycles. The Balaban J connectivity index is 2.61. The molecule has 116 valence electrons. The predicted octanol–water partition coefficient (Wildman–Crippen LogP) is 3.05. The summed E-state index contributed by atoms with van der Waals surface area (Å²) in [5.41, 5.74) is 2.62. The maximum absolute atomic E-state index is 4.65. The number of halogens is 1. The minimum absolute atomic E-state index is 0.183. The van der Waals surface area contributed by atoms with Crippen LogP contribution in [0.3, 0.4) is 0 Å². The molecule has 0 aromatic carbocycles. The number of likely N-dealkylation sites (N-methyl/N-ethyl adjacent to an activating group) is 1. The van der Waals surface area contributed by atoms with Crippen LogP contribution in [0.15, 0.2) is 4.47 Å². The highest BCUT2D eigenvalue weighted by Gasteiger charge is 2.15. The quantitative estimate of drug-likeness (QED) is 0.825. The highest BCUT2D eigenvalue weighted by molar-refractivity contribution is 9.10. The molecule has 1 aromatic heterocycles.